The first kappa shape index (κ1) is 12.7. The SMILES string of the molecule is CC(C=O)CN1CCN(C(C)C)CC1C. The highest BCUT2D eigenvalue weighted by atomic mass is 16.1. The average molecular weight is 212 g/mol. The Kier molecular flexibility index (Phi) is 4.74. The summed E-state index contributed by atoms with van der Waals surface area (Å²) >= 11 is 0. The number of hydrogen-bond donors (Lipinski definition) is 0. The summed E-state index contributed by atoms with van der Waals surface area (Å²) in [7, 11) is 0. The van der Waals surface area contributed by atoms with E-state index in [9.17, 15) is 4.79 Å². The maximum atomic E-state index is 10.6. The van der Waals surface area contributed by atoms with Gasteiger partial charge in [0.05, 0.1) is 0 Å². The lowest BCUT2D eigenvalue weighted by Gasteiger charge is -2.42. The summed E-state index contributed by atoms with van der Waals surface area (Å²) in [4.78, 5) is 15.6. The van der Waals surface area contributed by atoms with Gasteiger partial charge in [0.25, 0.3) is 0 Å². The molecule has 0 aromatic carbocycles. The van der Waals surface area contributed by atoms with Crippen molar-refractivity contribution in [3.05, 3.63) is 0 Å². The summed E-state index contributed by atoms with van der Waals surface area (Å²) in [6.07, 6.45) is 1.06. The Hall–Kier alpha value is -0.410. The lowest BCUT2D eigenvalue weighted by atomic mass is 10.1. The van der Waals surface area contributed by atoms with Crippen LogP contribution in [0.1, 0.15) is 27.7 Å². The molecule has 0 spiro atoms. The minimum absolute atomic E-state index is 0.165. The molecule has 0 aliphatic carbocycles. The average Bonchev–Trinajstić information content (AvgIpc) is 2.20. The van der Waals surface area contributed by atoms with Crippen LogP contribution in [0.3, 0.4) is 0 Å². The van der Waals surface area contributed by atoms with Crippen molar-refractivity contribution in [2.45, 2.75) is 39.8 Å². The van der Waals surface area contributed by atoms with Crippen LogP contribution in [-0.4, -0.2) is 54.3 Å². The molecular formula is C12H24N2O. The molecule has 3 heteroatoms. The monoisotopic (exact) mass is 212 g/mol. The van der Waals surface area contributed by atoms with Crippen molar-refractivity contribution >= 4 is 6.29 Å². The van der Waals surface area contributed by atoms with E-state index in [0.717, 1.165) is 32.5 Å². The molecular weight excluding hydrogens is 188 g/mol. The fraction of sp³-hybridized carbons (Fsp3) is 0.917. The maximum absolute atomic E-state index is 10.6. The minimum atomic E-state index is 0.165. The van der Waals surface area contributed by atoms with Crippen LogP contribution in [-0.2, 0) is 4.79 Å². The van der Waals surface area contributed by atoms with Gasteiger partial charge in [0, 0.05) is 44.2 Å². The van der Waals surface area contributed by atoms with E-state index in [4.69, 9.17) is 0 Å². The molecule has 88 valence electrons. The predicted molar refractivity (Wildman–Crippen MR) is 63.0 cm³/mol. The zero-order valence-electron chi connectivity index (χ0n) is 10.4. The third-order valence-electron chi connectivity index (χ3n) is 3.28. The van der Waals surface area contributed by atoms with Crippen molar-refractivity contribution in [3.63, 3.8) is 0 Å². The van der Waals surface area contributed by atoms with E-state index in [1.807, 2.05) is 6.92 Å². The van der Waals surface area contributed by atoms with Crippen LogP contribution in [0.25, 0.3) is 0 Å². The zero-order chi connectivity index (χ0) is 11.4. The molecule has 0 amide bonds. The summed E-state index contributed by atoms with van der Waals surface area (Å²) in [5.74, 6) is 0.165. The summed E-state index contributed by atoms with van der Waals surface area (Å²) in [6.45, 7) is 13.0. The van der Waals surface area contributed by atoms with Gasteiger partial charge in [-0.25, -0.2) is 0 Å². The van der Waals surface area contributed by atoms with Gasteiger partial charge < -0.3 is 4.79 Å². The number of carbonyl (C=O) groups excluding carboxylic acids is 1. The Bertz CT molecular complexity index is 206. The third-order valence-corrected chi connectivity index (χ3v) is 3.28. The van der Waals surface area contributed by atoms with Crippen molar-refractivity contribution in [2.24, 2.45) is 5.92 Å². The number of piperazine rings is 1. The van der Waals surface area contributed by atoms with Gasteiger partial charge in [0.15, 0.2) is 0 Å². The number of aldehydes is 1. The van der Waals surface area contributed by atoms with Gasteiger partial charge >= 0.3 is 0 Å². The standard InChI is InChI=1S/C12H24N2O/c1-10(2)13-5-6-14(12(4)8-13)7-11(3)9-15/h9-12H,5-8H2,1-4H3. The first-order valence-corrected chi connectivity index (χ1v) is 5.98. The van der Waals surface area contributed by atoms with Crippen LogP contribution in [0, 0.1) is 5.92 Å². The normalized spacial score (nSPS) is 26.9. The molecule has 0 bridgehead atoms. The first-order valence-electron chi connectivity index (χ1n) is 5.98. The van der Waals surface area contributed by atoms with Gasteiger partial charge in [-0.05, 0) is 20.8 Å². The van der Waals surface area contributed by atoms with E-state index in [-0.39, 0.29) is 5.92 Å². The number of nitrogens with zero attached hydrogens (tertiary/aromatic N) is 2. The molecule has 15 heavy (non-hydrogen) atoms. The lowest BCUT2D eigenvalue weighted by Crippen LogP contribution is -2.54. The van der Waals surface area contributed by atoms with Crippen LogP contribution in [0.5, 0.6) is 0 Å². The number of carbonyl (C=O) groups is 1. The van der Waals surface area contributed by atoms with Gasteiger partial charge in [-0.15, -0.1) is 0 Å². The van der Waals surface area contributed by atoms with Gasteiger partial charge in [0.1, 0.15) is 6.29 Å². The molecule has 0 radical (unpaired) electrons. The van der Waals surface area contributed by atoms with Gasteiger partial charge in [-0.1, -0.05) is 6.92 Å². The molecule has 1 aliphatic heterocycles. The molecule has 3 nitrogen and oxygen atoms in total. The molecule has 1 rings (SSSR count). The second kappa shape index (κ2) is 5.61. The number of hydrogen-bond acceptors (Lipinski definition) is 3. The van der Waals surface area contributed by atoms with Gasteiger partial charge in [0.2, 0.25) is 0 Å². The van der Waals surface area contributed by atoms with E-state index in [2.05, 4.69) is 30.6 Å². The van der Waals surface area contributed by atoms with Crippen LogP contribution in [0.15, 0.2) is 0 Å². The van der Waals surface area contributed by atoms with Crippen molar-refractivity contribution in [2.75, 3.05) is 26.2 Å². The van der Waals surface area contributed by atoms with Crippen molar-refractivity contribution < 1.29 is 4.79 Å². The molecule has 1 aliphatic rings. The highest BCUT2D eigenvalue weighted by Crippen LogP contribution is 2.13. The second-order valence-corrected chi connectivity index (χ2v) is 5.05. The molecule has 0 N–H and O–H groups in total. The lowest BCUT2D eigenvalue weighted by molar-refractivity contribution is -0.111. The Morgan fingerprint density at radius 3 is 2.47 bits per heavy atom. The van der Waals surface area contributed by atoms with Crippen molar-refractivity contribution in [3.8, 4) is 0 Å². The molecule has 0 saturated carbocycles. The predicted octanol–water partition coefficient (Wildman–Crippen LogP) is 1.24. The summed E-state index contributed by atoms with van der Waals surface area (Å²) in [5, 5.41) is 0. The first-order chi connectivity index (χ1) is 7.04. The molecule has 0 aromatic heterocycles. The molecule has 1 fully saturated rings. The Balaban J connectivity index is 2.42. The molecule has 2 atom stereocenters. The van der Waals surface area contributed by atoms with E-state index < -0.39 is 0 Å². The zero-order valence-corrected chi connectivity index (χ0v) is 10.4. The summed E-state index contributed by atoms with van der Waals surface area (Å²) in [5.41, 5.74) is 0. The second-order valence-electron chi connectivity index (χ2n) is 5.05. The van der Waals surface area contributed by atoms with Crippen LogP contribution in [0.4, 0.5) is 0 Å². The van der Waals surface area contributed by atoms with E-state index in [0.29, 0.717) is 12.1 Å². The van der Waals surface area contributed by atoms with Crippen LogP contribution >= 0.6 is 0 Å². The largest absolute Gasteiger partial charge is 0.303 e. The quantitative estimate of drug-likeness (QED) is 0.655. The molecule has 2 unspecified atom stereocenters. The fourth-order valence-electron chi connectivity index (χ4n) is 2.18. The minimum Gasteiger partial charge on any atom is -0.303 e. The molecule has 0 aromatic rings. The van der Waals surface area contributed by atoms with Crippen molar-refractivity contribution in [1.82, 2.24) is 9.80 Å². The topological polar surface area (TPSA) is 23.6 Å². The Morgan fingerprint density at radius 2 is 2.00 bits per heavy atom. The molecule has 1 heterocycles. The van der Waals surface area contributed by atoms with Crippen molar-refractivity contribution in [1.29, 1.82) is 0 Å². The highest BCUT2D eigenvalue weighted by molar-refractivity contribution is 5.53. The van der Waals surface area contributed by atoms with E-state index >= 15 is 0 Å². The fourth-order valence-corrected chi connectivity index (χ4v) is 2.18. The van der Waals surface area contributed by atoms with Gasteiger partial charge in [-0.2, -0.15) is 0 Å². The Labute approximate surface area is 93.4 Å². The maximum Gasteiger partial charge on any atom is 0.124 e. The van der Waals surface area contributed by atoms with E-state index in [1.54, 1.807) is 0 Å². The van der Waals surface area contributed by atoms with Gasteiger partial charge in [-0.3, -0.25) is 9.80 Å². The highest BCUT2D eigenvalue weighted by Gasteiger charge is 2.25. The summed E-state index contributed by atoms with van der Waals surface area (Å²) in [6, 6.07) is 1.21. The van der Waals surface area contributed by atoms with Crippen LogP contribution < -0.4 is 0 Å². The van der Waals surface area contributed by atoms with E-state index in [1.165, 1.54) is 0 Å². The molecule has 1 saturated heterocycles. The summed E-state index contributed by atoms with van der Waals surface area (Å²) < 4.78 is 0. The smallest absolute Gasteiger partial charge is 0.124 e. The van der Waals surface area contributed by atoms with Crippen LogP contribution in [0.2, 0.25) is 0 Å². The Morgan fingerprint density at radius 1 is 1.33 bits per heavy atom. The third kappa shape index (κ3) is 3.58. The number of rotatable bonds is 4.